The molecule has 0 aromatic heterocycles. The van der Waals surface area contributed by atoms with Gasteiger partial charge in [-0.15, -0.1) is 0 Å². The minimum atomic E-state index is 0.0547. The standard InChI is InChI=1S/C9H22N2Si/c1-9(2,3)8-12-11-6-4-10-5-7-11/h10H,4-8,12H2,1-3H3. The van der Waals surface area contributed by atoms with Crippen LogP contribution in [-0.2, 0) is 0 Å². The molecule has 1 heterocycles. The third-order valence-electron chi connectivity index (χ3n) is 2.39. The smallest absolute Gasteiger partial charge is 0.0957 e. The molecule has 0 aliphatic carbocycles. The lowest BCUT2D eigenvalue weighted by molar-refractivity contribution is 0.363. The van der Waals surface area contributed by atoms with Crippen LogP contribution in [0.2, 0.25) is 6.04 Å². The molecule has 0 aromatic rings. The number of piperazine rings is 1. The zero-order valence-corrected chi connectivity index (χ0v) is 10.1. The second-order valence-corrected chi connectivity index (χ2v) is 6.74. The van der Waals surface area contributed by atoms with E-state index in [9.17, 15) is 0 Å². The maximum atomic E-state index is 3.39. The van der Waals surface area contributed by atoms with Crippen LogP contribution >= 0.6 is 0 Å². The second-order valence-electron chi connectivity index (χ2n) is 4.90. The molecule has 0 bridgehead atoms. The van der Waals surface area contributed by atoms with Crippen LogP contribution in [0.15, 0.2) is 0 Å². The number of hydrogen-bond acceptors (Lipinski definition) is 2. The van der Waals surface area contributed by atoms with E-state index < -0.39 is 0 Å². The predicted octanol–water partition coefficient (Wildman–Crippen LogP) is 0.440. The number of nitrogens with zero attached hydrogens (tertiary/aromatic N) is 1. The van der Waals surface area contributed by atoms with E-state index in [2.05, 4.69) is 30.7 Å². The molecule has 0 radical (unpaired) electrons. The number of hydrogen-bond donors (Lipinski definition) is 1. The largest absolute Gasteiger partial charge is 0.327 e. The van der Waals surface area contributed by atoms with Gasteiger partial charge in [-0.05, 0) is 11.5 Å². The fourth-order valence-corrected chi connectivity index (χ4v) is 3.18. The fraction of sp³-hybridized carbons (Fsp3) is 1.00. The Morgan fingerprint density at radius 3 is 2.33 bits per heavy atom. The average Bonchev–Trinajstić information content (AvgIpc) is 2.02. The maximum absolute atomic E-state index is 3.39. The van der Waals surface area contributed by atoms with Crippen LogP contribution in [0.4, 0.5) is 0 Å². The number of rotatable bonds is 2. The van der Waals surface area contributed by atoms with Crippen molar-refractivity contribution in [3.8, 4) is 0 Å². The normalized spacial score (nSPS) is 22.2. The van der Waals surface area contributed by atoms with Gasteiger partial charge < -0.3 is 9.88 Å². The molecule has 0 amide bonds. The summed E-state index contributed by atoms with van der Waals surface area (Å²) < 4.78 is 2.70. The second kappa shape index (κ2) is 4.39. The molecule has 0 atom stereocenters. The molecule has 1 N–H and O–H groups in total. The Morgan fingerprint density at radius 1 is 1.25 bits per heavy atom. The lowest BCUT2D eigenvalue weighted by Gasteiger charge is -2.29. The van der Waals surface area contributed by atoms with Gasteiger partial charge >= 0.3 is 0 Å². The molecule has 3 heteroatoms. The van der Waals surface area contributed by atoms with Gasteiger partial charge in [0.25, 0.3) is 0 Å². The zero-order valence-electron chi connectivity index (χ0n) is 8.69. The van der Waals surface area contributed by atoms with Gasteiger partial charge in [0.1, 0.15) is 0 Å². The van der Waals surface area contributed by atoms with Gasteiger partial charge in [0, 0.05) is 26.2 Å². The van der Waals surface area contributed by atoms with Crippen molar-refractivity contribution in [3.05, 3.63) is 0 Å². The molecular weight excluding hydrogens is 164 g/mol. The molecule has 72 valence electrons. The van der Waals surface area contributed by atoms with E-state index in [1.54, 1.807) is 0 Å². The van der Waals surface area contributed by atoms with Crippen LogP contribution in [-0.4, -0.2) is 40.4 Å². The van der Waals surface area contributed by atoms with Gasteiger partial charge in [0.2, 0.25) is 0 Å². The first-order chi connectivity index (χ1) is 5.58. The van der Waals surface area contributed by atoms with Crippen LogP contribution in [0.25, 0.3) is 0 Å². The summed E-state index contributed by atoms with van der Waals surface area (Å²) in [7, 11) is 0.0547. The monoisotopic (exact) mass is 186 g/mol. The first-order valence-electron chi connectivity index (χ1n) is 5.01. The van der Waals surface area contributed by atoms with Crippen molar-refractivity contribution in [2.75, 3.05) is 26.2 Å². The average molecular weight is 186 g/mol. The van der Waals surface area contributed by atoms with Crippen molar-refractivity contribution < 1.29 is 0 Å². The van der Waals surface area contributed by atoms with Gasteiger partial charge in [-0.2, -0.15) is 0 Å². The molecule has 0 spiro atoms. The van der Waals surface area contributed by atoms with E-state index in [1.807, 2.05) is 0 Å². The fourth-order valence-electron chi connectivity index (χ4n) is 1.43. The summed E-state index contributed by atoms with van der Waals surface area (Å²) in [6.45, 7) is 12.0. The molecule has 1 rings (SSSR count). The van der Waals surface area contributed by atoms with Crippen LogP contribution in [0.3, 0.4) is 0 Å². The number of nitrogens with one attached hydrogen (secondary N) is 1. The molecule has 1 saturated heterocycles. The minimum absolute atomic E-state index is 0.0547. The lowest BCUT2D eigenvalue weighted by Crippen LogP contribution is -2.45. The molecule has 1 fully saturated rings. The van der Waals surface area contributed by atoms with Crippen molar-refractivity contribution in [3.63, 3.8) is 0 Å². The topological polar surface area (TPSA) is 15.3 Å². The van der Waals surface area contributed by atoms with Gasteiger partial charge in [0.15, 0.2) is 0 Å². The highest BCUT2D eigenvalue weighted by Gasteiger charge is 2.15. The van der Waals surface area contributed by atoms with Crippen LogP contribution < -0.4 is 5.32 Å². The van der Waals surface area contributed by atoms with E-state index in [0.717, 1.165) is 0 Å². The summed E-state index contributed by atoms with van der Waals surface area (Å²) >= 11 is 0. The van der Waals surface area contributed by atoms with Crippen molar-refractivity contribution in [2.45, 2.75) is 26.8 Å². The zero-order chi connectivity index (χ0) is 9.03. The van der Waals surface area contributed by atoms with Gasteiger partial charge in [0.05, 0.1) is 9.68 Å². The van der Waals surface area contributed by atoms with E-state index in [-0.39, 0.29) is 9.68 Å². The van der Waals surface area contributed by atoms with Crippen molar-refractivity contribution in [2.24, 2.45) is 5.41 Å². The Morgan fingerprint density at radius 2 is 1.83 bits per heavy atom. The van der Waals surface area contributed by atoms with Gasteiger partial charge in [-0.1, -0.05) is 20.8 Å². The molecule has 0 aromatic carbocycles. The SMILES string of the molecule is CC(C)(C)C[SiH2]N1CCNCC1. The Hall–Kier alpha value is 0.137. The lowest BCUT2D eigenvalue weighted by atomic mass is 10.0. The predicted molar refractivity (Wildman–Crippen MR) is 57.2 cm³/mol. The minimum Gasteiger partial charge on any atom is -0.327 e. The highest BCUT2D eigenvalue weighted by atomic mass is 28.2. The molecule has 1 aliphatic heterocycles. The molecule has 12 heavy (non-hydrogen) atoms. The van der Waals surface area contributed by atoms with Crippen LogP contribution in [0.1, 0.15) is 20.8 Å². The van der Waals surface area contributed by atoms with E-state index in [4.69, 9.17) is 0 Å². The first kappa shape index (κ1) is 10.2. The Bertz CT molecular complexity index is 125. The Balaban J connectivity index is 2.13. The van der Waals surface area contributed by atoms with Crippen molar-refractivity contribution >= 4 is 9.68 Å². The Kier molecular flexibility index (Phi) is 3.74. The summed E-state index contributed by atoms with van der Waals surface area (Å²) in [5, 5.41) is 3.39. The summed E-state index contributed by atoms with van der Waals surface area (Å²) in [4.78, 5) is 0. The summed E-state index contributed by atoms with van der Waals surface area (Å²) in [5.74, 6) is 0. The van der Waals surface area contributed by atoms with E-state index >= 15 is 0 Å². The van der Waals surface area contributed by atoms with Crippen LogP contribution in [0.5, 0.6) is 0 Å². The highest BCUT2D eigenvalue weighted by molar-refractivity contribution is 6.32. The summed E-state index contributed by atoms with van der Waals surface area (Å²) in [5.41, 5.74) is 0.553. The quantitative estimate of drug-likeness (QED) is 0.630. The van der Waals surface area contributed by atoms with Gasteiger partial charge in [-0.3, -0.25) is 0 Å². The summed E-state index contributed by atoms with van der Waals surface area (Å²) in [6.07, 6.45) is 0. The molecule has 0 saturated carbocycles. The molecule has 0 unspecified atom stereocenters. The summed E-state index contributed by atoms with van der Waals surface area (Å²) in [6, 6.07) is 1.45. The first-order valence-corrected chi connectivity index (χ1v) is 6.64. The highest BCUT2D eigenvalue weighted by Crippen LogP contribution is 2.18. The van der Waals surface area contributed by atoms with Gasteiger partial charge in [-0.25, -0.2) is 0 Å². The van der Waals surface area contributed by atoms with Crippen LogP contribution in [0, 0.1) is 5.41 Å². The third-order valence-corrected chi connectivity index (χ3v) is 5.38. The molecule has 1 aliphatic rings. The Labute approximate surface area is 78.6 Å². The third kappa shape index (κ3) is 4.23. The molecular formula is C9H22N2Si. The van der Waals surface area contributed by atoms with Crippen molar-refractivity contribution in [1.29, 1.82) is 0 Å². The van der Waals surface area contributed by atoms with E-state index in [0.29, 0.717) is 5.41 Å². The molecule has 2 nitrogen and oxygen atoms in total. The van der Waals surface area contributed by atoms with Crippen molar-refractivity contribution in [1.82, 2.24) is 9.88 Å². The maximum Gasteiger partial charge on any atom is 0.0957 e. The van der Waals surface area contributed by atoms with E-state index in [1.165, 1.54) is 32.2 Å².